The van der Waals surface area contributed by atoms with Crippen molar-refractivity contribution in [3.8, 4) is 5.75 Å². The molecule has 0 radical (unpaired) electrons. The van der Waals surface area contributed by atoms with Gasteiger partial charge in [0.1, 0.15) is 5.75 Å². The van der Waals surface area contributed by atoms with Crippen molar-refractivity contribution in [2.75, 3.05) is 7.11 Å². The molecule has 0 bridgehead atoms. The summed E-state index contributed by atoms with van der Waals surface area (Å²) in [5, 5.41) is 1.99. The monoisotopic (exact) mass is 326 g/mol. The number of hydrogen-bond acceptors (Lipinski definition) is 4. The van der Waals surface area contributed by atoms with Gasteiger partial charge in [-0.25, -0.2) is 0 Å². The van der Waals surface area contributed by atoms with Gasteiger partial charge in [-0.2, -0.15) is 0 Å². The summed E-state index contributed by atoms with van der Waals surface area (Å²) in [6.07, 6.45) is 0.855. The number of nitrogens with one attached hydrogen (secondary N) is 1. The summed E-state index contributed by atoms with van der Waals surface area (Å²) in [7, 11) is 1.67. The molecular weight excluding hydrogens is 312 g/mol. The average Bonchev–Trinajstić information content (AvgIpc) is 2.87. The average molecular weight is 327 g/mol. The normalized spacial score (nSPS) is 12.4. The van der Waals surface area contributed by atoms with Gasteiger partial charge in [-0.3, -0.25) is 11.3 Å². The molecule has 1 atom stereocenters. The van der Waals surface area contributed by atoms with E-state index in [9.17, 15) is 0 Å². The molecule has 2 aromatic rings. The molecule has 0 saturated carbocycles. The van der Waals surface area contributed by atoms with E-state index in [-0.39, 0.29) is 6.04 Å². The van der Waals surface area contributed by atoms with Crippen LogP contribution in [0.2, 0.25) is 0 Å². The van der Waals surface area contributed by atoms with Crippen LogP contribution < -0.4 is 16.0 Å². The molecule has 3 nitrogen and oxygen atoms in total. The minimum Gasteiger partial charge on any atom is -0.496 e. The van der Waals surface area contributed by atoms with Gasteiger partial charge in [-0.05, 0) is 30.2 Å². The second kappa shape index (κ2) is 6.33. The third kappa shape index (κ3) is 3.32. The Morgan fingerprint density at radius 2 is 2.11 bits per heavy atom. The van der Waals surface area contributed by atoms with E-state index < -0.39 is 0 Å². The molecule has 0 fully saturated rings. The molecule has 0 aliphatic heterocycles. The molecule has 1 unspecified atom stereocenters. The van der Waals surface area contributed by atoms with Crippen LogP contribution in [0.5, 0.6) is 5.75 Å². The Morgan fingerprint density at radius 1 is 1.39 bits per heavy atom. The van der Waals surface area contributed by atoms with Crippen molar-refractivity contribution in [3.63, 3.8) is 0 Å². The zero-order valence-corrected chi connectivity index (χ0v) is 12.4. The number of hydrazine groups is 1. The zero-order valence-electron chi connectivity index (χ0n) is 10.0. The van der Waals surface area contributed by atoms with Gasteiger partial charge in [0.2, 0.25) is 0 Å². The van der Waals surface area contributed by atoms with Crippen molar-refractivity contribution >= 4 is 27.3 Å². The molecule has 1 aromatic heterocycles. The van der Waals surface area contributed by atoms with Crippen molar-refractivity contribution in [2.45, 2.75) is 12.5 Å². The van der Waals surface area contributed by atoms with E-state index in [0.29, 0.717) is 0 Å². The van der Waals surface area contributed by atoms with Crippen LogP contribution in [0.1, 0.15) is 16.5 Å². The number of ether oxygens (including phenoxy) is 1. The Morgan fingerprint density at radius 3 is 2.67 bits per heavy atom. The fourth-order valence-electron chi connectivity index (χ4n) is 1.72. The summed E-state index contributed by atoms with van der Waals surface area (Å²) in [6.45, 7) is 0. The van der Waals surface area contributed by atoms with E-state index in [4.69, 9.17) is 10.6 Å². The quantitative estimate of drug-likeness (QED) is 0.654. The number of benzene rings is 1. The van der Waals surface area contributed by atoms with Gasteiger partial charge in [-0.1, -0.05) is 28.1 Å². The molecule has 0 spiro atoms. The van der Waals surface area contributed by atoms with Crippen LogP contribution in [0.15, 0.2) is 40.2 Å². The zero-order chi connectivity index (χ0) is 13.0. The first-order valence-corrected chi connectivity index (χ1v) is 7.23. The Hall–Kier alpha value is -0.880. The molecule has 1 heterocycles. The van der Waals surface area contributed by atoms with Gasteiger partial charge in [0.25, 0.3) is 0 Å². The predicted octanol–water partition coefficient (Wildman–Crippen LogP) is 3.27. The highest BCUT2D eigenvalue weighted by atomic mass is 79.9. The van der Waals surface area contributed by atoms with Crippen LogP contribution in [0.4, 0.5) is 0 Å². The van der Waals surface area contributed by atoms with Gasteiger partial charge in [0, 0.05) is 14.7 Å². The summed E-state index contributed by atoms with van der Waals surface area (Å²) in [4.78, 5) is 1.18. The SMILES string of the molecule is COc1csc(C(Cc2ccc(Br)cc2)NN)c1. The Kier molecular flexibility index (Phi) is 4.77. The van der Waals surface area contributed by atoms with Gasteiger partial charge >= 0.3 is 0 Å². The van der Waals surface area contributed by atoms with Gasteiger partial charge in [0.05, 0.1) is 13.2 Å². The number of methoxy groups -OCH3 is 1. The highest BCUT2D eigenvalue weighted by Crippen LogP contribution is 2.28. The van der Waals surface area contributed by atoms with Crippen LogP contribution in [-0.4, -0.2) is 7.11 Å². The van der Waals surface area contributed by atoms with Crippen LogP contribution >= 0.6 is 27.3 Å². The lowest BCUT2D eigenvalue weighted by Gasteiger charge is -2.14. The van der Waals surface area contributed by atoms with Crippen molar-refractivity contribution in [1.82, 2.24) is 5.43 Å². The van der Waals surface area contributed by atoms with Crippen LogP contribution in [0, 0.1) is 0 Å². The van der Waals surface area contributed by atoms with E-state index in [2.05, 4.69) is 33.5 Å². The maximum atomic E-state index is 5.64. The molecule has 5 heteroatoms. The van der Waals surface area contributed by atoms with E-state index in [1.165, 1.54) is 10.4 Å². The van der Waals surface area contributed by atoms with Crippen molar-refractivity contribution in [3.05, 3.63) is 50.6 Å². The van der Waals surface area contributed by atoms with Gasteiger partial charge < -0.3 is 4.74 Å². The van der Waals surface area contributed by atoms with Gasteiger partial charge in [0.15, 0.2) is 0 Å². The second-order valence-electron chi connectivity index (χ2n) is 3.94. The number of rotatable bonds is 5. The summed E-state index contributed by atoms with van der Waals surface area (Å²) >= 11 is 5.08. The Balaban J connectivity index is 2.11. The minimum absolute atomic E-state index is 0.111. The van der Waals surface area contributed by atoms with Gasteiger partial charge in [-0.15, -0.1) is 11.3 Å². The van der Waals surface area contributed by atoms with Crippen LogP contribution in [0.3, 0.4) is 0 Å². The standard InChI is InChI=1S/C13H15BrN2OS/c1-17-11-7-13(18-8-11)12(16-15)6-9-2-4-10(14)5-3-9/h2-5,7-8,12,16H,6,15H2,1H3. The molecule has 0 amide bonds. The maximum absolute atomic E-state index is 5.64. The predicted molar refractivity (Wildman–Crippen MR) is 78.8 cm³/mol. The van der Waals surface area contributed by atoms with Crippen molar-refractivity contribution in [2.24, 2.45) is 5.84 Å². The smallest absolute Gasteiger partial charge is 0.129 e. The number of thiophene rings is 1. The Labute approximate surface area is 119 Å². The summed E-state index contributed by atoms with van der Waals surface area (Å²) in [5.41, 5.74) is 4.11. The summed E-state index contributed by atoms with van der Waals surface area (Å²) in [5.74, 6) is 6.52. The first-order chi connectivity index (χ1) is 8.72. The number of nitrogens with two attached hydrogens (primary N) is 1. The summed E-state index contributed by atoms with van der Waals surface area (Å²) < 4.78 is 6.28. The van der Waals surface area contributed by atoms with Crippen molar-refractivity contribution in [1.29, 1.82) is 0 Å². The minimum atomic E-state index is 0.111. The number of hydrogen-bond donors (Lipinski definition) is 2. The fourth-order valence-corrected chi connectivity index (χ4v) is 2.90. The summed E-state index contributed by atoms with van der Waals surface area (Å²) in [6, 6.07) is 10.4. The maximum Gasteiger partial charge on any atom is 0.129 e. The topological polar surface area (TPSA) is 47.3 Å². The molecule has 0 saturated heterocycles. The molecular formula is C13H15BrN2OS. The lowest BCUT2D eigenvalue weighted by Crippen LogP contribution is -2.28. The van der Waals surface area contributed by atoms with E-state index >= 15 is 0 Å². The highest BCUT2D eigenvalue weighted by molar-refractivity contribution is 9.10. The molecule has 96 valence electrons. The fraction of sp³-hybridized carbons (Fsp3) is 0.231. The molecule has 2 rings (SSSR count). The molecule has 18 heavy (non-hydrogen) atoms. The Bertz CT molecular complexity index is 498. The number of halogens is 1. The first kappa shape index (κ1) is 13.5. The molecule has 1 aromatic carbocycles. The first-order valence-electron chi connectivity index (χ1n) is 5.56. The molecule has 3 N–H and O–H groups in total. The lowest BCUT2D eigenvalue weighted by molar-refractivity contribution is 0.415. The van der Waals surface area contributed by atoms with E-state index in [1.54, 1.807) is 18.4 Å². The molecule has 0 aliphatic rings. The highest BCUT2D eigenvalue weighted by Gasteiger charge is 2.13. The van der Waals surface area contributed by atoms with E-state index in [1.807, 2.05) is 23.6 Å². The van der Waals surface area contributed by atoms with E-state index in [0.717, 1.165) is 16.6 Å². The van der Waals surface area contributed by atoms with Crippen molar-refractivity contribution < 1.29 is 4.74 Å². The third-order valence-corrected chi connectivity index (χ3v) is 4.28. The third-order valence-electron chi connectivity index (χ3n) is 2.73. The lowest BCUT2D eigenvalue weighted by atomic mass is 10.1. The largest absolute Gasteiger partial charge is 0.496 e. The van der Waals surface area contributed by atoms with Crippen LogP contribution in [0.25, 0.3) is 0 Å². The van der Waals surface area contributed by atoms with Crippen LogP contribution in [-0.2, 0) is 6.42 Å². The second-order valence-corrected chi connectivity index (χ2v) is 5.80. The molecule has 0 aliphatic carbocycles.